The van der Waals surface area contributed by atoms with Crippen LogP contribution in [0, 0.1) is 0 Å². The maximum Gasteiger partial charge on any atom is 0.127 e. The molecule has 4 heteroatoms. The minimum absolute atomic E-state index is 0.533. The molecule has 3 aromatic carbocycles. The predicted molar refractivity (Wildman–Crippen MR) is 128 cm³/mol. The Hall–Kier alpha value is -2.22. The summed E-state index contributed by atoms with van der Waals surface area (Å²) in [5.74, 6) is 0.979. The number of hydrogen-bond donors (Lipinski definition) is 0. The highest BCUT2D eigenvalue weighted by atomic mass is 31.1. The number of nitrogens with zero attached hydrogens (tertiary/aromatic N) is 1. The lowest BCUT2D eigenvalue weighted by Crippen LogP contribution is -2.39. The Morgan fingerprint density at radius 3 is 2.32 bits per heavy atom. The van der Waals surface area contributed by atoms with Gasteiger partial charge >= 0.3 is 0 Å². The van der Waals surface area contributed by atoms with Crippen LogP contribution in [0.15, 0.2) is 77.8 Å². The van der Waals surface area contributed by atoms with Crippen LogP contribution in [-0.4, -0.2) is 21.3 Å². The number of ether oxygens (including phenoxy) is 1. The number of hydrogen-bond acceptors (Lipinski definition) is 2. The summed E-state index contributed by atoms with van der Waals surface area (Å²) in [6.45, 7) is 7.74. The maximum absolute atomic E-state index is 6.25. The summed E-state index contributed by atoms with van der Waals surface area (Å²) in [6, 6.07) is 25.6. The van der Waals surface area contributed by atoms with Gasteiger partial charge in [-0.2, -0.15) is 0 Å². The third kappa shape index (κ3) is 5.40. The van der Waals surface area contributed by atoms with Crippen molar-refractivity contribution < 1.29 is 4.74 Å². The molecule has 0 aliphatic rings. The van der Waals surface area contributed by atoms with E-state index in [0.29, 0.717) is 15.2 Å². The van der Waals surface area contributed by atoms with Crippen LogP contribution < -0.4 is 20.5 Å². The molecule has 0 saturated carbocycles. The van der Waals surface area contributed by atoms with E-state index in [9.17, 15) is 0 Å². The highest BCUT2D eigenvalue weighted by Crippen LogP contribution is 2.22. The Kier molecular flexibility index (Phi) is 6.82. The molecule has 1 unspecified atom stereocenters. The molecule has 3 aromatic rings. The molecule has 0 spiro atoms. The second-order valence-electron chi connectivity index (χ2n) is 7.83. The molecular weight excluding hydrogens is 377 g/mol. The van der Waals surface area contributed by atoms with E-state index in [1.165, 1.54) is 26.9 Å². The van der Waals surface area contributed by atoms with Gasteiger partial charge < -0.3 is 4.74 Å². The minimum atomic E-state index is -1.40. The van der Waals surface area contributed by atoms with Crippen molar-refractivity contribution in [2.24, 2.45) is 4.99 Å². The Labute approximate surface area is 171 Å². The van der Waals surface area contributed by atoms with Gasteiger partial charge in [0.1, 0.15) is 12.4 Å². The monoisotopic (exact) mass is 405 g/mol. The average Bonchev–Trinajstić information content (AvgIpc) is 2.69. The molecule has 28 heavy (non-hydrogen) atoms. The van der Waals surface area contributed by atoms with Crippen molar-refractivity contribution in [3.05, 3.63) is 83.9 Å². The second kappa shape index (κ2) is 9.32. The minimum Gasteiger partial charge on any atom is -0.488 e. The van der Waals surface area contributed by atoms with Gasteiger partial charge in [-0.1, -0.05) is 100 Å². The van der Waals surface area contributed by atoms with Crippen LogP contribution in [0.25, 0.3) is 0 Å². The van der Waals surface area contributed by atoms with Crippen LogP contribution in [0.3, 0.4) is 0 Å². The van der Waals surface area contributed by atoms with E-state index in [4.69, 9.17) is 4.74 Å². The summed E-state index contributed by atoms with van der Waals surface area (Å²) < 4.78 is 6.25. The largest absolute Gasteiger partial charge is 0.488 e. The first-order valence-electron chi connectivity index (χ1n) is 9.57. The summed E-state index contributed by atoms with van der Waals surface area (Å²) in [5.41, 5.74) is 2.36. The molecule has 3 rings (SSSR count). The van der Waals surface area contributed by atoms with E-state index in [1.807, 2.05) is 19.3 Å². The molecule has 0 aliphatic heterocycles. The highest BCUT2D eigenvalue weighted by Gasteiger charge is 2.19. The van der Waals surface area contributed by atoms with Gasteiger partial charge in [0.25, 0.3) is 0 Å². The first-order chi connectivity index (χ1) is 13.5. The van der Waals surface area contributed by atoms with Crippen molar-refractivity contribution in [2.75, 3.05) is 7.05 Å². The van der Waals surface area contributed by atoms with E-state index in [2.05, 4.69) is 91.4 Å². The van der Waals surface area contributed by atoms with E-state index >= 15 is 0 Å². The Morgan fingerprint density at radius 1 is 0.893 bits per heavy atom. The molecule has 0 aliphatic carbocycles. The third-order valence-electron chi connectivity index (χ3n) is 4.58. The van der Waals surface area contributed by atoms with E-state index in [-0.39, 0.29) is 0 Å². The molecule has 0 N–H and O–H groups in total. The maximum atomic E-state index is 6.25. The quantitative estimate of drug-likeness (QED) is 0.322. The third-order valence-corrected chi connectivity index (χ3v) is 8.01. The van der Waals surface area contributed by atoms with Gasteiger partial charge in [-0.3, -0.25) is 4.99 Å². The van der Waals surface area contributed by atoms with Crippen LogP contribution in [0.4, 0.5) is 0 Å². The van der Waals surface area contributed by atoms with Crippen LogP contribution in [-0.2, 0) is 6.61 Å². The number of rotatable bonds is 7. The SMILES string of the molecule is CN=Cc1ccccc1Pc1cc([Si](C)(C)C)ccc1OCc1ccccc1. The second-order valence-corrected chi connectivity index (χ2v) is 14.2. The van der Waals surface area contributed by atoms with Gasteiger partial charge in [-0.25, -0.2) is 0 Å². The molecule has 0 amide bonds. The molecule has 2 nitrogen and oxygen atoms in total. The lowest BCUT2D eigenvalue weighted by atomic mass is 10.2. The summed E-state index contributed by atoms with van der Waals surface area (Å²) in [6.07, 6.45) is 1.94. The molecule has 1 atom stereocenters. The average molecular weight is 406 g/mol. The molecular formula is C24H28NOPSi. The molecule has 0 bridgehead atoms. The fourth-order valence-corrected chi connectivity index (χ4v) is 5.54. The van der Waals surface area contributed by atoms with Gasteiger partial charge in [0.2, 0.25) is 0 Å². The van der Waals surface area contributed by atoms with Gasteiger partial charge in [0.05, 0.1) is 8.07 Å². The molecule has 0 radical (unpaired) electrons. The Bertz CT molecular complexity index is 948. The van der Waals surface area contributed by atoms with Gasteiger partial charge in [0, 0.05) is 18.6 Å². The summed E-state index contributed by atoms with van der Waals surface area (Å²) in [5, 5.41) is 4.03. The summed E-state index contributed by atoms with van der Waals surface area (Å²) in [7, 11) is 0.955. The van der Waals surface area contributed by atoms with Crippen molar-refractivity contribution in [3.63, 3.8) is 0 Å². The highest BCUT2D eigenvalue weighted by molar-refractivity contribution is 7.56. The Balaban J connectivity index is 1.94. The molecule has 0 saturated heterocycles. The smallest absolute Gasteiger partial charge is 0.127 e. The lowest BCUT2D eigenvalue weighted by molar-refractivity contribution is 0.309. The van der Waals surface area contributed by atoms with E-state index < -0.39 is 8.07 Å². The van der Waals surface area contributed by atoms with Crippen molar-refractivity contribution in [2.45, 2.75) is 26.2 Å². The zero-order valence-electron chi connectivity index (χ0n) is 17.1. The zero-order valence-corrected chi connectivity index (χ0v) is 19.1. The van der Waals surface area contributed by atoms with E-state index in [0.717, 1.165) is 5.75 Å². The molecule has 0 fully saturated rings. The number of aliphatic imine (C=N–C) groups is 1. The normalized spacial score (nSPS) is 12.1. The molecule has 0 aromatic heterocycles. The Morgan fingerprint density at radius 2 is 1.61 bits per heavy atom. The van der Waals surface area contributed by atoms with Gasteiger partial charge in [-0.15, -0.1) is 0 Å². The van der Waals surface area contributed by atoms with Crippen molar-refractivity contribution in [3.8, 4) is 5.75 Å². The van der Waals surface area contributed by atoms with Crippen molar-refractivity contribution in [1.29, 1.82) is 0 Å². The van der Waals surface area contributed by atoms with Crippen molar-refractivity contribution in [1.82, 2.24) is 0 Å². The summed E-state index contributed by atoms with van der Waals surface area (Å²) >= 11 is 0. The van der Waals surface area contributed by atoms with Crippen LogP contribution in [0.2, 0.25) is 19.6 Å². The summed E-state index contributed by atoms with van der Waals surface area (Å²) in [4.78, 5) is 4.22. The first kappa shape index (κ1) is 20.5. The fraction of sp³-hybridized carbons (Fsp3) is 0.208. The molecule has 144 valence electrons. The molecule has 0 heterocycles. The lowest BCUT2D eigenvalue weighted by Gasteiger charge is -2.20. The van der Waals surface area contributed by atoms with E-state index in [1.54, 1.807) is 0 Å². The first-order valence-corrected chi connectivity index (χ1v) is 14.1. The number of benzene rings is 3. The van der Waals surface area contributed by atoms with Crippen molar-refractivity contribution >= 4 is 38.7 Å². The fourth-order valence-electron chi connectivity index (χ4n) is 2.96. The van der Waals surface area contributed by atoms with Crippen LogP contribution in [0.1, 0.15) is 11.1 Å². The van der Waals surface area contributed by atoms with Crippen LogP contribution in [0.5, 0.6) is 5.75 Å². The van der Waals surface area contributed by atoms with Crippen LogP contribution >= 0.6 is 8.58 Å². The van der Waals surface area contributed by atoms with Gasteiger partial charge in [-0.05, 0) is 22.5 Å². The predicted octanol–water partition coefficient (Wildman–Crippen LogP) is 4.49. The van der Waals surface area contributed by atoms with Gasteiger partial charge in [0.15, 0.2) is 0 Å². The topological polar surface area (TPSA) is 21.6 Å². The standard InChI is InChI=1S/C24H28NOPSi/c1-25-17-20-12-8-9-13-23(20)27-24-16-21(28(2,3)4)14-15-22(24)26-18-19-10-6-5-7-11-19/h5-17,27H,18H2,1-4H3. The zero-order chi connectivity index (χ0) is 20.0.